The quantitative estimate of drug-likeness (QED) is 0.600. The number of hydrogen-bond acceptors (Lipinski definition) is 4. The molecule has 1 aliphatic rings. The van der Waals surface area contributed by atoms with E-state index in [-0.39, 0.29) is 12.5 Å². The van der Waals surface area contributed by atoms with E-state index in [1.54, 1.807) is 13.8 Å². The molecule has 0 fully saturated rings. The van der Waals surface area contributed by atoms with Crippen molar-refractivity contribution in [2.75, 3.05) is 6.54 Å². The molecule has 0 aromatic rings. The number of hydrogen-bond donors (Lipinski definition) is 0. The Bertz CT molecular complexity index is 306. The highest BCUT2D eigenvalue weighted by Crippen LogP contribution is 2.10. The predicted molar refractivity (Wildman–Crippen MR) is 46.8 cm³/mol. The van der Waals surface area contributed by atoms with E-state index < -0.39 is 11.9 Å². The maximum atomic E-state index is 11.1. The molecule has 0 saturated carbocycles. The molecule has 0 bridgehead atoms. The summed E-state index contributed by atoms with van der Waals surface area (Å²) in [7, 11) is 0. The van der Waals surface area contributed by atoms with Crippen molar-refractivity contribution < 1.29 is 19.2 Å². The molecule has 0 N–H and O–H groups in total. The molecule has 0 aromatic carbocycles. The Balaban J connectivity index is 2.55. The van der Waals surface area contributed by atoms with Crippen LogP contribution in [0.3, 0.4) is 0 Å². The summed E-state index contributed by atoms with van der Waals surface area (Å²) in [5.41, 5.74) is 0.312. The minimum absolute atomic E-state index is 0.0425. The zero-order chi connectivity index (χ0) is 10.7. The lowest BCUT2D eigenvalue weighted by atomic mass is 10.2. The van der Waals surface area contributed by atoms with Gasteiger partial charge in [-0.3, -0.25) is 9.59 Å². The summed E-state index contributed by atoms with van der Waals surface area (Å²) >= 11 is 0. The first-order valence-electron chi connectivity index (χ1n) is 4.23. The monoisotopic (exact) mass is 197 g/mol. The van der Waals surface area contributed by atoms with Gasteiger partial charge < -0.3 is 4.84 Å². The van der Waals surface area contributed by atoms with Gasteiger partial charge in [0.25, 0.3) is 5.91 Å². The summed E-state index contributed by atoms with van der Waals surface area (Å²) in [5.74, 6) is -1.26. The fraction of sp³-hybridized carbons (Fsp3) is 0.444. The minimum atomic E-state index is -0.487. The summed E-state index contributed by atoms with van der Waals surface area (Å²) in [6.07, 6.45) is 1.72. The number of aldehydes is 1. The van der Waals surface area contributed by atoms with Crippen molar-refractivity contribution in [3.8, 4) is 0 Å². The van der Waals surface area contributed by atoms with E-state index in [9.17, 15) is 14.4 Å². The van der Waals surface area contributed by atoms with Gasteiger partial charge in [-0.2, -0.15) is 5.06 Å². The maximum absolute atomic E-state index is 11.1. The van der Waals surface area contributed by atoms with E-state index >= 15 is 0 Å². The Hall–Kier alpha value is -1.65. The molecule has 0 spiro atoms. The molecule has 0 aliphatic carbocycles. The van der Waals surface area contributed by atoms with Crippen molar-refractivity contribution in [3.05, 3.63) is 11.6 Å². The molecular weight excluding hydrogens is 186 g/mol. The topological polar surface area (TPSA) is 63.7 Å². The molecule has 1 heterocycles. The van der Waals surface area contributed by atoms with Crippen LogP contribution in [0.15, 0.2) is 11.6 Å². The Morgan fingerprint density at radius 2 is 2.29 bits per heavy atom. The molecule has 0 aromatic heterocycles. The minimum Gasteiger partial charge on any atom is -0.337 e. The van der Waals surface area contributed by atoms with Crippen LogP contribution in [0.5, 0.6) is 0 Å². The van der Waals surface area contributed by atoms with Crippen LogP contribution in [0.25, 0.3) is 0 Å². The van der Waals surface area contributed by atoms with Crippen molar-refractivity contribution in [2.24, 2.45) is 5.92 Å². The van der Waals surface area contributed by atoms with Gasteiger partial charge >= 0.3 is 5.97 Å². The third-order valence-electron chi connectivity index (χ3n) is 1.70. The van der Waals surface area contributed by atoms with Crippen molar-refractivity contribution in [1.82, 2.24) is 5.06 Å². The fourth-order valence-corrected chi connectivity index (χ4v) is 0.883. The molecule has 0 unspecified atom stereocenters. The third kappa shape index (κ3) is 2.18. The van der Waals surface area contributed by atoms with Gasteiger partial charge in [0.15, 0.2) is 0 Å². The number of nitrogens with zero attached hydrogens (tertiary/aromatic N) is 1. The van der Waals surface area contributed by atoms with E-state index in [0.717, 1.165) is 11.1 Å². The van der Waals surface area contributed by atoms with Crippen molar-refractivity contribution in [2.45, 2.75) is 13.8 Å². The van der Waals surface area contributed by atoms with Gasteiger partial charge in [-0.25, -0.2) is 4.79 Å². The van der Waals surface area contributed by atoms with E-state index in [2.05, 4.69) is 0 Å². The van der Waals surface area contributed by atoms with Crippen molar-refractivity contribution in [3.63, 3.8) is 0 Å². The molecule has 14 heavy (non-hydrogen) atoms. The molecule has 1 rings (SSSR count). The zero-order valence-electron chi connectivity index (χ0n) is 8.02. The molecule has 1 aliphatic heterocycles. The molecule has 5 nitrogen and oxygen atoms in total. The first-order valence-corrected chi connectivity index (χ1v) is 4.23. The summed E-state index contributed by atoms with van der Waals surface area (Å²) in [6, 6.07) is 0. The highest BCUT2D eigenvalue weighted by Gasteiger charge is 2.25. The standard InChI is InChI=1S/C9H11NO4/c1-6(2)9(13)14-10-4-7(5-11)3-8(10)12/h3,5-6H,4H2,1-2H3. The maximum Gasteiger partial charge on any atom is 0.335 e. The Morgan fingerprint density at radius 1 is 1.64 bits per heavy atom. The van der Waals surface area contributed by atoms with E-state index in [1.165, 1.54) is 0 Å². The van der Waals surface area contributed by atoms with Gasteiger partial charge in [-0.15, -0.1) is 0 Å². The molecule has 1 amide bonds. The van der Waals surface area contributed by atoms with Crippen LogP contribution in [0.2, 0.25) is 0 Å². The number of carbonyl (C=O) groups is 3. The van der Waals surface area contributed by atoms with E-state index in [4.69, 9.17) is 4.84 Å². The Morgan fingerprint density at radius 3 is 2.71 bits per heavy atom. The first kappa shape index (κ1) is 10.4. The second-order valence-corrected chi connectivity index (χ2v) is 3.28. The van der Waals surface area contributed by atoms with Crippen molar-refractivity contribution >= 4 is 18.2 Å². The zero-order valence-corrected chi connectivity index (χ0v) is 8.02. The average molecular weight is 197 g/mol. The lowest BCUT2D eigenvalue weighted by Crippen LogP contribution is -2.31. The van der Waals surface area contributed by atoms with Gasteiger partial charge in [0.05, 0.1) is 12.5 Å². The molecular formula is C9H11NO4. The lowest BCUT2D eigenvalue weighted by molar-refractivity contribution is -0.194. The van der Waals surface area contributed by atoms with Crippen LogP contribution in [-0.4, -0.2) is 29.8 Å². The first-order chi connectivity index (χ1) is 6.54. The van der Waals surface area contributed by atoms with Crippen LogP contribution in [0.4, 0.5) is 0 Å². The smallest absolute Gasteiger partial charge is 0.335 e. The summed E-state index contributed by atoms with van der Waals surface area (Å²) < 4.78 is 0. The van der Waals surface area contributed by atoms with Gasteiger partial charge in [-0.1, -0.05) is 13.8 Å². The Labute approximate surface area is 81.3 Å². The van der Waals surface area contributed by atoms with Crippen molar-refractivity contribution in [1.29, 1.82) is 0 Å². The molecule has 76 valence electrons. The van der Waals surface area contributed by atoms with Gasteiger partial charge in [0, 0.05) is 11.6 Å². The lowest BCUT2D eigenvalue weighted by Gasteiger charge is -2.15. The van der Waals surface area contributed by atoms with Crippen LogP contribution >= 0.6 is 0 Å². The summed E-state index contributed by atoms with van der Waals surface area (Å²) in [5, 5.41) is 0.881. The highest BCUT2D eigenvalue weighted by molar-refractivity contribution is 5.97. The molecule has 0 radical (unpaired) electrons. The fourth-order valence-electron chi connectivity index (χ4n) is 0.883. The van der Waals surface area contributed by atoms with Crippen LogP contribution in [0.1, 0.15) is 13.8 Å². The van der Waals surface area contributed by atoms with Gasteiger partial charge in [0.1, 0.15) is 6.29 Å². The molecule has 0 saturated heterocycles. The second kappa shape index (κ2) is 4.04. The number of carbonyl (C=O) groups excluding carboxylic acids is 3. The number of hydroxylamine groups is 2. The van der Waals surface area contributed by atoms with E-state index in [0.29, 0.717) is 11.9 Å². The van der Waals surface area contributed by atoms with E-state index in [1.807, 2.05) is 0 Å². The largest absolute Gasteiger partial charge is 0.337 e. The summed E-state index contributed by atoms with van der Waals surface area (Å²) in [4.78, 5) is 37.3. The SMILES string of the molecule is CC(C)C(=O)ON1CC(C=O)=CC1=O. The van der Waals surface area contributed by atoms with Crippen LogP contribution in [-0.2, 0) is 19.2 Å². The van der Waals surface area contributed by atoms with Gasteiger partial charge in [0.2, 0.25) is 0 Å². The number of amides is 1. The second-order valence-electron chi connectivity index (χ2n) is 3.28. The molecule has 0 atom stereocenters. The third-order valence-corrected chi connectivity index (χ3v) is 1.70. The predicted octanol–water partition coefficient (Wildman–Crippen LogP) is 0.0681. The summed E-state index contributed by atoms with van der Waals surface area (Å²) in [6.45, 7) is 3.37. The normalized spacial score (nSPS) is 15.8. The van der Waals surface area contributed by atoms with Crippen LogP contribution in [0, 0.1) is 5.92 Å². The highest BCUT2D eigenvalue weighted by atomic mass is 16.7. The Kier molecular flexibility index (Phi) is 3.01. The van der Waals surface area contributed by atoms with Gasteiger partial charge in [-0.05, 0) is 0 Å². The molecule has 5 heteroatoms. The number of rotatable bonds is 3. The van der Waals surface area contributed by atoms with Crippen LogP contribution < -0.4 is 0 Å². The average Bonchev–Trinajstić information content (AvgIpc) is 2.47.